The normalized spacial score (nSPS) is 17.5. The second-order valence-corrected chi connectivity index (χ2v) is 5.60. The van der Waals surface area contributed by atoms with Crippen molar-refractivity contribution in [3.8, 4) is 11.1 Å². The van der Waals surface area contributed by atoms with Crippen molar-refractivity contribution in [2.45, 2.75) is 12.8 Å². The Hall–Kier alpha value is -1.80. The molecule has 0 spiro atoms. The van der Waals surface area contributed by atoms with Crippen LogP contribution in [-0.2, 0) is 17.6 Å². The topological polar surface area (TPSA) is 12.5 Å². The van der Waals surface area contributed by atoms with E-state index in [0.717, 1.165) is 32.7 Å². The van der Waals surface area contributed by atoms with Crippen LogP contribution in [0.1, 0.15) is 11.1 Å². The van der Waals surface area contributed by atoms with Crippen molar-refractivity contribution < 1.29 is 4.74 Å². The number of ether oxygens (including phenoxy) is 1. The van der Waals surface area contributed by atoms with E-state index in [1.54, 1.807) is 0 Å². The average molecular weight is 265 g/mol. The Morgan fingerprint density at radius 3 is 2.40 bits per heavy atom. The summed E-state index contributed by atoms with van der Waals surface area (Å²) in [5.74, 6) is 0. The van der Waals surface area contributed by atoms with Crippen LogP contribution in [0.2, 0.25) is 0 Å². The van der Waals surface area contributed by atoms with Crippen molar-refractivity contribution in [2.75, 3.05) is 31.2 Å². The molecule has 2 nitrogen and oxygen atoms in total. The summed E-state index contributed by atoms with van der Waals surface area (Å²) in [5.41, 5.74) is 7.16. The summed E-state index contributed by atoms with van der Waals surface area (Å²) in [4.78, 5) is 2.43. The Bertz CT molecular complexity index is 629. The molecule has 0 radical (unpaired) electrons. The van der Waals surface area contributed by atoms with Crippen molar-refractivity contribution in [1.29, 1.82) is 0 Å². The van der Waals surface area contributed by atoms with E-state index in [1.165, 1.54) is 34.4 Å². The number of fused-ring (bicyclic) bond motifs is 3. The van der Waals surface area contributed by atoms with Crippen LogP contribution in [0.4, 0.5) is 5.69 Å². The van der Waals surface area contributed by atoms with Crippen LogP contribution < -0.4 is 4.90 Å². The molecule has 0 aromatic heterocycles. The second-order valence-electron chi connectivity index (χ2n) is 5.60. The minimum Gasteiger partial charge on any atom is -0.378 e. The molecule has 2 aromatic rings. The van der Waals surface area contributed by atoms with Gasteiger partial charge in [-0.2, -0.15) is 0 Å². The van der Waals surface area contributed by atoms with E-state index < -0.39 is 0 Å². The average Bonchev–Trinajstić information content (AvgIpc) is 2.55. The third kappa shape index (κ3) is 2.01. The first kappa shape index (κ1) is 12.0. The van der Waals surface area contributed by atoms with Gasteiger partial charge in [0.2, 0.25) is 0 Å². The quantitative estimate of drug-likeness (QED) is 0.784. The fraction of sp³-hybridized carbons (Fsp3) is 0.333. The van der Waals surface area contributed by atoms with Gasteiger partial charge < -0.3 is 9.64 Å². The molecule has 0 bridgehead atoms. The maximum absolute atomic E-state index is 5.45. The lowest BCUT2D eigenvalue weighted by Crippen LogP contribution is -2.36. The zero-order valence-corrected chi connectivity index (χ0v) is 11.6. The third-order valence-corrected chi connectivity index (χ3v) is 4.44. The van der Waals surface area contributed by atoms with Crippen LogP contribution in [0.25, 0.3) is 11.1 Å². The second kappa shape index (κ2) is 4.95. The number of hydrogen-bond donors (Lipinski definition) is 0. The van der Waals surface area contributed by atoms with Gasteiger partial charge in [0.25, 0.3) is 0 Å². The van der Waals surface area contributed by atoms with Crippen molar-refractivity contribution in [1.82, 2.24) is 0 Å². The van der Waals surface area contributed by atoms with Gasteiger partial charge in [0.1, 0.15) is 0 Å². The van der Waals surface area contributed by atoms with Crippen LogP contribution in [-0.4, -0.2) is 26.3 Å². The molecule has 0 unspecified atom stereocenters. The van der Waals surface area contributed by atoms with Gasteiger partial charge in [-0.05, 0) is 47.2 Å². The summed E-state index contributed by atoms with van der Waals surface area (Å²) in [6.45, 7) is 3.68. The number of rotatable bonds is 1. The number of hydrogen-bond acceptors (Lipinski definition) is 2. The molecule has 4 rings (SSSR count). The van der Waals surface area contributed by atoms with Gasteiger partial charge >= 0.3 is 0 Å². The van der Waals surface area contributed by atoms with Gasteiger partial charge in [-0.25, -0.2) is 0 Å². The molecule has 1 heterocycles. The van der Waals surface area contributed by atoms with Gasteiger partial charge in [0.05, 0.1) is 13.2 Å². The van der Waals surface area contributed by atoms with E-state index in [2.05, 4.69) is 47.4 Å². The van der Waals surface area contributed by atoms with Crippen molar-refractivity contribution in [3.63, 3.8) is 0 Å². The van der Waals surface area contributed by atoms with Crippen LogP contribution in [0.15, 0.2) is 42.5 Å². The molecule has 1 aliphatic heterocycles. The molecule has 0 atom stereocenters. The van der Waals surface area contributed by atoms with Crippen molar-refractivity contribution in [2.24, 2.45) is 0 Å². The van der Waals surface area contributed by atoms with Crippen LogP contribution in [0.3, 0.4) is 0 Å². The lowest BCUT2D eigenvalue weighted by atomic mass is 9.85. The zero-order valence-electron chi connectivity index (χ0n) is 11.6. The number of morpholine rings is 1. The molecule has 2 aliphatic rings. The van der Waals surface area contributed by atoms with E-state index in [1.807, 2.05) is 0 Å². The highest BCUT2D eigenvalue weighted by atomic mass is 16.5. The largest absolute Gasteiger partial charge is 0.378 e. The van der Waals surface area contributed by atoms with Crippen LogP contribution >= 0.6 is 0 Å². The molecule has 1 saturated heterocycles. The number of benzene rings is 2. The summed E-state index contributed by atoms with van der Waals surface area (Å²) < 4.78 is 5.45. The summed E-state index contributed by atoms with van der Waals surface area (Å²) in [5, 5.41) is 0. The highest BCUT2D eigenvalue weighted by Gasteiger charge is 2.18. The number of aryl methyl sites for hydroxylation is 2. The first-order chi connectivity index (χ1) is 9.92. The lowest BCUT2D eigenvalue weighted by Gasteiger charge is -2.30. The predicted octanol–water partition coefficient (Wildman–Crippen LogP) is 3.29. The van der Waals surface area contributed by atoms with Gasteiger partial charge in [0.15, 0.2) is 0 Å². The van der Waals surface area contributed by atoms with Gasteiger partial charge in [-0.15, -0.1) is 0 Å². The Kier molecular flexibility index (Phi) is 2.96. The Morgan fingerprint density at radius 1 is 0.800 bits per heavy atom. The molecule has 1 aliphatic carbocycles. The molecule has 0 N–H and O–H groups in total. The molecule has 0 amide bonds. The molecule has 1 fully saturated rings. The highest BCUT2D eigenvalue weighted by molar-refractivity contribution is 5.76. The molecule has 2 heteroatoms. The molecule has 2 aromatic carbocycles. The third-order valence-electron chi connectivity index (χ3n) is 4.44. The first-order valence-electron chi connectivity index (χ1n) is 7.46. The van der Waals surface area contributed by atoms with Gasteiger partial charge in [-0.1, -0.05) is 30.3 Å². The van der Waals surface area contributed by atoms with Crippen molar-refractivity contribution in [3.05, 3.63) is 53.6 Å². The van der Waals surface area contributed by atoms with Crippen LogP contribution in [0.5, 0.6) is 0 Å². The lowest BCUT2D eigenvalue weighted by molar-refractivity contribution is 0.122. The zero-order chi connectivity index (χ0) is 13.4. The number of anilines is 1. The SMILES string of the molecule is c1ccc2c(c1)CCc1ccc(N3CCOCC3)cc1-2. The maximum atomic E-state index is 5.45. The summed E-state index contributed by atoms with van der Waals surface area (Å²) >= 11 is 0. The van der Waals surface area contributed by atoms with Crippen molar-refractivity contribution >= 4 is 5.69 Å². The fourth-order valence-corrected chi connectivity index (χ4v) is 3.32. The number of nitrogens with zero attached hydrogens (tertiary/aromatic N) is 1. The van der Waals surface area contributed by atoms with E-state index in [0.29, 0.717) is 0 Å². The van der Waals surface area contributed by atoms with E-state index in [4.69, 9.17) is 4.74 Å². The Labute approximate surface area is 120 Å². The molecular formula is C18H19NO. The first-order valence-corrected chi connectivity index (χ1v) is 7.46. The summed E-state index contributed by atoms with van der Waals surface area (Å²) in [6, 6.07) is 15.8. The standard InChI is InChI=1S/C18H19NO/c1-2-4-17-14(3-1)5-6-15-7-8-16(13-18(15)17)19-9-11-20-12-10-19/h1-4,7-8,13H,5-6,9-12H2. The molecular weight excluding hydrogens is 246 g/mol. The highest BCUT2D eigenvalue weighted by Crippen LogP contribution is 2.35. The summed E-state index contributed by atoms with van der Waals surface area (Å²) in [6.07, 6.45) is 2.33. The van der Waals surface area contributed by atoms with Gasteiger partial charge in [-0.3, -0.25) is 0 Å². The van der Waals surface area contributed by atoms with E-state index >= 15 is 0 Å². The molecule has 0 saturated carbocycles. The minimum atomic E-state index is 0.841. The predicted molar refractivity (Wildman–Crippen MR) is 82.3 cm³/mol. The van der Waals surface area contributed by atoms with E-state index in [9.17, 15) is 0 Å². The van der Waals surface area contributed by atoms with Crippen LogP contribution in [0, 0.1) is 0 Å². The Balaban J connectivity index is 1.77. The maximum Gasteiger partial charge on any atom is 0.0642 e. The minimum absolute atomic E-state index is 0.841. The van der Waals surface area contributed by atoms with E-state index in [-0.39, 0.29) is 0 Å². The smallest absolute Gasteiger partial charge is 0.0642 e. The Morgan fingerprint density at radius 2 is 1.55 bits per heavy atom. The molecule has 20 heavy (non-hydrogen) atoms. The summed E-state index contributed by atoms with van der Waals surface area (Å²) in [7, 11) is 0. The fourth-order valence-electron chi connectivity index (χ4n) is 3.32. The van der Waals surface area contributed by atoms with Gasteiger partial charge in [0, 0.05) is 18.8 Å². The molecule has 102 valence electrons. The monoisotopic (exact) mass is 265 g/mol.